The fraction of sp³-hybridized carbons (Fsp3) is 0.667. The van der Waals surface area contributed by atoms with Crippen LogP contribution in [0.5, 0.6) is 0 Å². The summed E-state index contributed by atoms with van der Waals surface area (Å²) in [5.41, 5.74) is 7.83. The molecule has 0 spiro atoms. The number of carbonyl (C=O) groups is 4. The molecule has 2 aromatic carbocycles. The van der Waals surface area contributed by atoms with E-state index in [2.05, 4.69) is 59.0 Å². The first-order valence-electron chi connectivity index (χ1n) is 21.7. The van der Waals surface area contributed by atoms with Crippen molar-refractivity contribution in [3.63, 3.8) is 0 Å². The minimum Gasteiger partial charge on any atom is -0.870 e. The molecular formula is C48H74Cl2F3N2NaO7. The number of ketones is 2. The van der Waals surface area contributed by atoms with Gasteiger partial charge in [-0.1, -0.05) is 115 Å². The van der Waals surface area contributed by atoms with Gasteiger partial charge in [-0.15, -0.1) is 23.2 Å². The average molecular weight is 942 g/mol. The second kappa shape index (κ2) is 31.7. The van der Waals surface area contributed by atoms with E-state index < -0.39 is 23.8 Å². The predicted molar refractivity (Wildman–Crippen MR) is 242 cm³/mol. The zero-order chi connectivity index (χ0) is 46.5. The van der Waals surface area contributed by atoms with E-state index in [-0.39, 0.29) is 64.3 Å². The third kappa shape index (κ3) is 25.3. The van der Waals surface area contributed by atoms with Crippen molar-refractivity contribution in [2.45, 2.75) is 150 Å². The number of hydrogen-bond acceptors (Lipinski definition) is 7. The molecule has 8 atom stereocenters. The molecule has 5 N–H and O–H groups in total. The van der Waals surface area contributed by atoms with Gasteiger partial charge in [0.15, 0.2) is 0 Å². The summed E-state index contributed by atoms with van der Waals surface area (Å²) in [6.45, 7) is 19.1. The standard InChI is InChI=1S/C25H39NO3.C20H31NO.C2HF3O2.CH2Cl2.Na.H2O/c1-17(2)20-13-12-18(3)16-21(20)23(27)15-14-22(19-10-8-7-9-11-19)26-24(28)29-25(4,5)6;1-14(2)17-10-9-15(3)13-18(17)20(22)12-11-19(21)16-7-5-4-6-8-16;3-2(4,5)1(6)7;2-1-3;;/h7-11,17-18,20-22H,12-16H2,1-6H3,(H,26,28);4-8,14-15,17-19H,9-13,21H2,1-3H3;(H,6,7);1H2;;1H2/q;;;;+1;/p-1/t18-,20+,21-,22-;15-,17+,18-,19-;;;;/m11..../s1. The van der Waals surface area contributed by atoms with Crippen LogP contribution in [0, 0.1) is 47.3 Å². The van der Waals surface area contributed by atoms with Gasteiger partial charge in [0.05, 0.1) is 11.4 Å². The molecule has 0 bridgehead atoms. The van der Waals surface area contributed by atoms with Crippen molar-refractivity contribution in [3.8, 4) is 0 Å². The van der Waals surface area contributed by atoms with Gasteiger partial charge in [0.2, 0.25) is 0 Å². The van der Waals surface area contributed by atoms with Gasteiger partial charge in [-0.3, -0.25) is 9.59 Å². The zero-order valence-corrected chi connectivity index (χ0v) is 42.7. The van der Waals surface area contributed by atoms with E-state index in [4.69, 9.17) is 43.6 Å². The van der Waals surface area contributed by atoms with Crippen molar-refractivity contribution >= 4 is 46.8 Å². The van der Waals surface area contributed by atoms with Gasteiger partial charge in [-0.2, -0.15) is 13.2 Å². The Morgan fingerprint density at radius 2 is 1.11 bits per heavy atom. The Labute approximate surface area is 407 Å². The van der Waals surface area contributed by atoms with Crippen molar-refractivity contribution in [1.82, 2.24) is 5.32 Å². The quantitative estimate of drug-likeness (QED) is 0.132. The van der Waals surface area contributed by atoms with Crippen LogP contribution in [0.3, 0.4) is 0 Å². The molecule has 354 valence electrons. The molecule has 0 unspecified atom stereocenters. The summed E-state index contributed by atoms with van der Waals surface area (Å²) in [5, 5.41) is 10.3. The number of amides is 1. The molecule has 4 rings (SSSR count). The van der Waals surface area contributed by atoms with E-state index in [1.807, 2.05) is 69.3 Å². The Bertz CT molecular complexity index is 1580. The second-order valence-electron chi connectivity index (χ2n) is 18.4. The number of rotatable bonds is 13. The van der Waals surface area contributed by atoms with E-state index in [0.717, 1.165) is 36.8 Å². The van der Waals surface area contributed by atoms with Crippen LogP contribution >= 0.6 is 23.2 Å². The maximum atomic E-state index is 13.2. The summed E-state index contributed by atoms with van der Waals surface area (Å²) in [4.78, 5) is 47.2. The number of hydrogen-bond donors (Lipinski definition) is 3. The molecule has 2 saturated carbocycles. The van der Waals surface area contributed by atoms with Gasteiger partial charge in [-0.05, 0) is 106 Å². The van der Waals surface area contributed by atoms with Crippen molar-refractivity contribution in [2.75, 3.05) is 5.34 Å². The van der Waals surface area contributed by atoms with E-state index in [1.165, 1.54) is 19.3 Å². The van der Waals surface area contributed by atoms with Crippen LogP contribution in [0.2, 0.25) is 0 Å². The maximum Gasteiger partial charge on any atom is 1.00 e. The molecular weight excluding hydrogens is 867 g/mol. The smallest absolute Gasteiger partial charge is 0.870 e. The summed E-state index contributed by atoms with van der Waals surface area (Å²) in [7, 11) is 0. The summed E-state index contributed by atoms with van der Waals surface area (Å²) >= 11 is 9.53. The molecule has 15 heteroatoms. The first-order chi connectivity index (χ1) is 28.4. The van der Waals surface area contributed by atoms with Crippen molar-refractivity contribution in [1.29, 1.82) is 0 Å². The molecule has 2 aliphatic rings. The summed E-state index contributed by atoms with van der Waals surface area (Å²) in [5.74, 6) is 1.92. The zero-order valence-electron chi connectivity index (χ0n) is 39.2. The Morgan fingerprint density at radius 1 is 0.746 bits per heavy atom. The maximum absolute atomic E-state index is 13.2. The number of nitrogens with two attached hydrogens (primary N) is 1. The monoisotopic (exact) mass is 940 g/mol. The number of benzene rings is 2. The number of nitrogens with one attached hydrogen (secondary N) is 1. The molecule has 2 aliphatic carbocycles. The van der Waals surface area contributed by atoms with Crippen LogP contribution in [0.15, 0.2) is 60.7 Å². The topological polar surface area (TPSA) is 166 Å². The fourth-order valence-electron chi connectivity index (χ4n) is 8.42. The van der Waals surface area contributed by atoms with Crippen molar-refractivity contribution in [3.05, 3.63) is 71.8 Å². The van der Waals surface area contributed by atoms with Crippen LogP contribution < -0.4 is 40.6 Å². The van der Waals surface area contributed by atoms with Gasteiger partial charge >= 0.3 is 47.8 Å². The van der Waals surface area contributed by atoms with Gasteiger partial charge in [0.25, 0.3) is 0 Å². The SMILES string of the molecule is CC(C)[C@@H]1CC[C@@H](C)C[C@H]1C(=O)CC[C@@H](N)c1ccccc1.CC(C)[C@@H]1CC[C@@H](C)C[C@H]1C(=O)CC[C@@H](NC(=O)OC(C)(C)C)c1ccccc1.ClCCl.O=C(O)C(F)(F)F.[Na+].[OH-]. The van der Waals surface area contributed by atoms with Crippen LogP contribution in [0.25, 0.3) is 0 Å². The summed E-state index contributed by atoms with van der Waals surface area (Å²) in [6, 6.07) is 19.7. The first kappa shape index (κ1) is 62.9. The van der Waals surface area contributed by atoms with E-state index in [0.29, 0.717) is 66.3 Å². The summed E-state index contributed by atoms with van der Waals surface area (Å²) < 4.78 is 37.2. The van der Waals surface area contributed by atoms with Crippen molar-refractivity contribution in [2.24, 2.45) is 53.1 Å². The molecule has 0 radical (unpaired) electrons. The molecule has 0 aromatic heterocycles. The van der Waals surface area contributed by atoms with Gasteiger partial charge in [-0.25, -0.2) is 9.59 Å². The van der Waals surface area contributed by atoms with E-state index in [1.54, 1.807) is 0 Å². The molecule has 1 amide bonds. The Hall–Kier alpha value is -2.19. The number of Topliss-reactive ketones (excluding diaryl/α,β-unsaturated/α-hetero) is 2. The number of halogens is 5. The second-order valence-corrected chi connectivity index (χ2v) is 19.2. The van der Waals surface area contributed by atoms with Crippen molar-refractivity contribution < 1.29 is 77.2 Å². The molecule has 9 nitrogen and oxygen atoms in total. The first-order valence-corrected chi connectivity index (χ1v) is 22.8. The summed E-state index contributed by atoms with van der Waals surface area (Å²) in [6.07, 6.45) is 3.86. The number of ether oxygens (including phenoxy) is 1. The van der Waals surface area contributed by atoms with Gasteiger partial charge in [0.1, 0.15) is 17.2 Å². The van der Waals surface area contributed by atoms with Gasteiger partial charge < -0.3 is 26.4 Å². The Balaban J connectivity index is 0. The molecule has 2 fully saturated rings. The number of aliphatic carboxylic acids is 1. The van der Waals surface area contributed by atoms with E-state index >= 15 is 0 Å². The number of alkyl carbamates (subject to hydrolysis) is 1. The number of alkyl halides is 5. The average Bonchev–Trinajstić information content (AvgIpc) is 3.18. The fourth-order valence-corrected chi connectivity index (χ4v) is 8.42. The van der Waals surface area contributed by atoms with Crippen LogP contribution in [0.4, 0.5) is 18.0 Å². The third-order valence-corrected chi connectivity index (χ3v) is 11.6. The molecule has 0 aliphatic heterocycles. The largest absolute Gasteiger partial charge is 1.00 e. The van der Waals surface area contributed by atoms with E-state index in [9.17, 15) is 27.6 Å². The minimum atomic E-state index is -5.08. The number of carbonyl (C=O) groups excluding carboxylic acids is 3. The normalized spacial score (nSPS) is 21.7. The molecule has 0 saturated heterocycles. The third-order valence-electron chi connectivity index (χ3n) is 11.6. The number of carboxylic acid groups (broad SMARTS) is 1. The predicted octanol–water partition coefficient (Wildman–Crippen LogP) is 9.94. The Kier molecular flexibility index (Phi) is 31.6. The Morgan fingerprint density at radius 3 is 1.46 bits per heavy atom. The molecule has 2 aromatic rings. The van der Waals surface area contributed by atoms with Gasteiger partial charge in [0, 0.05) is 30.7 Å². The minimum absolute atomic E-state index is 0. The molecule has 63 heavy (non-hydrogen) atoms. The number of carboxylic acids is 1. The molecule has 0 heterocycles. The van der Waals surface area contributed by atoms with Crippen LogP contribution in [-0.4, -0.2) is 51.3 Å². The van der Waals surface area contributed by atoms with Crippen LogP contribution in [-0.2, 0) is 19.1 Å². The van der Waals surface area contributed by atoms with Crippen LogP contribution in [0.1, 0.15) is 150 Å².